The number of halogens is 6. The lowest BCUT2D eigenvalue weighted by Gasteiger charge is -2.36. The molecule has 1 aromatic rings. The van der Waals surface area contributed by atoms with Crippen molar-refractivity contribution >= 4 is 12.1 Å². The molecule has 0 unspecified atom stereocenters. The van der Waals surface area contributed by atoms with Crippen LogP contribution in [0.3, 0.4) is 0 Å². The number of H-pyrrole nitrogens is 1. The number of hydrogen-bond acceptors (Lipinski definition) is 6. The van der Waals surface area contributed by atoms with Gasteiger partial charge in [-0.2, -0.15) is 31.4 Å². The SMILES string of the molecule is C/C=C(\C=N/C(=C(C)CC)N1CCN(C(=O)CCOCc2n[nH]c(=O)c(C(F)(F)F)c2C)CC1)C(F)(F)F. The maximum atomic E-state index is 13.1. The summed E-state index contributed by atoms with van der Waals surface area (Å²) in [5.41, 5.74) is -3.14. The van der Waals surface area contributed by atoms with E-state index in [9.17, 15) is 35.9 Å². The maximum Gasteiger partial charge on any atom is 0.422 e. The smallest absolute Gasteiger partial charge is 0.375 e. The minimum Gasteiger partial charge on any atom is -0.375 e. The molecule has 1 N–H and O–H groups in total. The lowest BCUT2D eigenvalue weighted by atomic mass is 10.1. The van der Waals surface area contributed by atoms with Crippen molar-refractivity contribution in [3.8, 4) is 0 Å². The first-order chi connectivity index (χ1) is 17.7. The molecule has 0 aromatic carbocycles. The van der Waals surface area contributed by atoms with Gasteiger partial charge in [-0.1, -0.05) is 13.0 Å². The van der Waals surface area contributed by atoms with Crippen LogP contribution in [0.1, 0.15) is 50.4 Å². The second kappa shape index (κ2) is 13.1. The summed E-state index contributed by atoms with van der Waals surface area (Å²) in [4.78, 5) is 31.6. The van der Waals surface area contributed by atoms with E-state index in [0.29, 0.717) is 38.4 Å². The Hall–Kier alpha value is -3.16. The third-order valence-electron chi connectivity index (χ3n) is 6.12. The van der Waals surface area contributed by atoms with Gasteiger partial charge >= 0.3 is 12.4 Å². The minimum absolute atomic E-state index is 0.0282. The first-order valence-electron chi connectivity index (χ1n) is 11.9. The molecule has 2 heterocycles. The molecule has 1 amide bonds. The number of aliphatic imine (C=N–C) groups is 1. The fourth-order valence-electron chi connectivity index (χ4n) is 3.77. The van der Waals surface area contributed by atoms with Crippen LogP contribution in [0.25, 0.3) is 0 Å². The summed E-state index contributed by atoms with van der Waals surface area (Å²) in [6, 6.07) is 0. The van der Waals surface area contributed by atoms with E-state index in [1.807, 2.05) is 16.9 Å². The summed E-state index contributed by atoms with van der Waals surface area (Å²) in [5, 5.41) is 5.41. The van der Waals surface area contributed by atoms with Gasteiger partial charge in [0.15, 0.2) is 0 Å². The predicted octanol–water partition coefficient (Wildman–Crippen LogP) is 4.37. The number of carbonyl (C=O) groups is 1. The first kappa shape index (κ1) is 31.1. The average Bonchev–Trinajstić information content (AvgIpc) is 2.83. The van der Waals surface area contributed by atoms with Crippen molar-refractivity contribution in [1.82, 2.24) is 20.0 Å². The molecule has 212 valence electrons. The fraction of sp³-hybridized carbons (Fsp3) is 0.583. The van der Waals surface area contributed by atoms with Crippen LogP contribution in [0, 0.1) is 6.92 Å². The van der Waals surface area contributed by atoms with Crippen molar-refractivity contribution in [2.45, 2.75) is 59.5 Å². The lowest BCUT2D eigenvalue weighted by Crippen LogP contribution is -2.48. The molecular formula is C24H31F6N5O3. The molecule has 8 nitrogen and oxygen atoms in total. The molecule has 0 spiro atoms. The molecule has 1 aromatic heterocycles. The van der Waals surface area contributed by atoms with Gasteiger partial charge in [0.2, 0.25) is 5.91 Å². The molecule has 1 saturated heterocycles. The van der Waals surface area contributed by atoms with E-state index < -0.39 is 29.0 Å². The van der Waals surface area contributed by atoms with Crippen LogP contribution in [0.15, 0.2) is 32.8 Å². The second-order valence-corrected chi connectivity index (χ2v) is 8.63. The number of rotatable bonds is 9. The highest BCUT2D eigenvalue weighted by Crippen LogP contribution is 2.29. The lowest BCUT2D eigenvalue weighted by molar-refractivity contribution is -0.139. The Labute approximate surface area is 216 Å². The van der Waals surface area contributed by atoms with Gasteiger partial charge in [0.25, 0.3) is 5.56 Å². The molecular weight excluding hydrogens is 520 g/mol. The topological polar surface area (TPSA) is 90.9 Å². The van der Waals surface area contributed by atoms with E-state index in [1.54, 1.807) is 11.8 Å². The van der Waals surface area contributed by atoms with Crippen LogP contribution in [0.5, 0.6) is 0 Å². The van der Waals surface area contributed by atoms with Crippen LogP contribution < -0.4 is 5.56 Å². The molecule has 0 atom stereocenters. The molecule has 1 aliphatic heterocycles. The number of nitrogens with one attached hydrogen (secondary N) is 1. The Morgan fingerprint density at radius 1 is 1.13 bits per heavy atom. The summed E-state index contributed by atoms with van der Waals surface area (Å²) in [7, 11) is 0. The van der Waals surface area contributed by atoms with Crippen molar-refractivity contribution in [1.29, 1.82) is 0 Å². The van der Waals surface area contributed by atoms with Gasteiger partial charge in [-0.05, 0) is 38.3 Å². The number of nitrogens with zero attached hydrogens (tertiary/aromatic N) is 4. The quantitative estimate of drug-likeness (QED) is 0.280. The summed E-state index contributed by atoms with van der Waals surface area (Å²) in [6.45, 7) is 7.07. The van der Waals surface area contributed by atoms with Crippen molar-refractivity contribution < 1.29 is 35.9 Å². The van der Waals surface area contributed by atoms with Crippen LogP contribution in [-0.4, -0.2) is 71.1 Å². The van der Waals surface area contributed by atoms with E-state index in [1.165, 1.54) is 6.92 Å². The van der Waals surface area contributed by atoms with Gasteiger partial charge in [-0.15, -0.1) is 0 Å². The summed E-state index contributed by atoms with van der Waals surface area (Å²) >= 11 is 0. The largest absolute Gasteiger partial charge is 0.422 e. The van der Waals surface area contributed by atoms with Crippen LogP contribution in [0.2, 0.25) is 0 Å². The van der Waals surface area contributed by atoms with Gasteiger partial charge < -0.3 is 14.5 Å². The van der Waals surface area contributed by atoms with E-state index in [-0.39, 0.29) is 36.8 Å². The Morgan fingerprint density at radius 3 is 2.26 bits per heavy atom. The standard InChI is InChI=1S/C24H31F6N5O3/c1-5-15(3)21(31-13-17(6-2)23(25,26)27)35-10-8-34(9-11-35)19(36)7-12-38-14-18-16(4)20(24(28,29)30)22(37)33-32-18/h6,13H,5,7-12,14H2,1-4H3,(H,33,37)/b17-6+,21-15?,31-13-. The number of carbonyl (C=O) groups excluding carboxylic acids is 1. The van der Waals surface area contributed by atoms with Crippen LogP contribution in [-0.2, 0) is 22.3 Å². The fourth-order valence-corrected chi connectivity index (χ4v) is 3.77. The highest BCUT2D eigenvalue weighted by Gasteiger charge is 2.37. The van der Waals surface area contributed by atoms with Crippen LogP contribution in [0.4, 0.5) is 26.3 Å². The predicted molar refractivity (Wildman–Crippen MR) is 128 cm³/mol. The summed E-state index contributed by atoms with van der Waals surface area (Å²) in [5.74, 6) is 0.204. The van der Waals surface area contributed by atoms with Crippen molar-refractivity contribution in [2.75, 3.05) is 32.8 Å². The summed E-state index contributed by atoms with van der Waals surface area (Å²) in [6.07, 6.45) is -7.03. The maximum absolute atomic E-state index is 13.1. The van der Waals surface area contributed by atoms with Gasteiger partial charge in [-0.25, -0.2) is 10.1 Å². The van der Waals surface area contributed by atoms with Gasteiger partial charge in [-0.3, -0.25) is 9.59 Å². The third-order valence-corrected chi connectivity index (χ3v) is 6.12. The second-order valence-electron chi connectivity index (χ2n) is 8.63. The van der Waals surface area contributed by atoms with Crippen molar-refractivity contribution in [3.05, 3.63) is 50.2 Å². The number of aromatic amines is 1. The monoisotopic (exact) mass is 551 g/mol. The molecule has 2 rings (SSSR count). The minimum atomic E-state index is -4.84. The number of ether oxygens (including phenoxy) is 1. The Balaban J connectivity index is 1.92. The van der Waals surface area contributed by atoms with Gasteiger partial charge in [0.05, 0.1) is 30.9 Å². The summed E-state index contributed by atoms with van der Waals surface area (Å²) < 4.78 is 83.7. The molecule has 1 fully saturated rings. The molecule has 1 aliphatic rings. The van der Waals surface area contributed by atoms with Gasteiger partial charge in [0.1, 0.15) is 11.4 Å². The first-order valence-corrected chi connectivity index (χ1v) is 11.9. The molecule has 0 radical (unpaired) electrons. The average molecular weight is 552 g/mol. The van der Waals surface area contributed by atoms with E-state index in [2.05, 4.69) is 10.1 Å². The Bertz CT molecular complexity index is 1130. The van der Waals surface area contributed by atoms with Crippen LogP contribution >= 0.6 is 0 Å². The van der Waals surface area contributed by atoms with E-state index in [0.717, 1.165) is 24.8 Å². The molecule has 38 heavy (non-hydrogen) atoms. The number of amides is 1. The molecule has 14 heteroatoms. The van der Waals surface area contributed by atoms with Gasteiger partial charge in [0, 0.05) is 32.4 Å². The molecule has 0 aliphatic carbocycles. The highest BCUT2D eigenvalue weighted by atomic mass is 19.4. The molecule has 0 saturated carbocycles. The zero-order valence-electron chi connectivity index (χ0n) is 21.6. The number of piperazine rings is 1. The normalized spacial score (nSPS) is 16.3. The number of aromatic nitrogens is 2. The molecule has 0 bridgehead atoms. The zero-order chi connectivity index (χ0) is 28.7. The number of allylic oxidation sites excluding steroid dienone is 3. The Kier molecular flexibility index (Phi) is 10.7. The Morgan fingerprint density at radius 2 is 1.74 bits per heavy atom. The zero-order valence-corrected chi connectivity index (χ0v) is 21.6. The third kappa shape index (κ3) is 8.17. The number of hydrogen-bond donors (Lipinski definition) is 1. The number of alkyl halides is 6. The van der Waals surface area contributed by atoms with E-state index in [4.69, 9.17) is 4.74 Å². The van der Waals surface area contributed by atoms with Crippen molar-refractivity contribution in [2.24, 2.45) is 4.99 Å². The highest BCUT2D eigenvalue weighted by molar-refractivity contribution is 5.81. The van der Waals surface area contributed by atoms with E-state index >= 15 is 0 Å². The van der Waals surface area contributed by atoms with Crippen molar-refractivity contribution in [3.63, 3.8) is 0 Å².